The molecule has 0 aromatic carbocycles. The Morgan fingerprint density at radius 3 is 2.86 bits per heavy atom. The second-order valence-electron chi connectivity index (χ2n) is 4.83. The molecule has 0 bridgehead atoms. The quantitative estimate of drug-likeness (QED) is 0.806. The third-order valence-electron chi connectivity index (χ3n) is 2.71. The molecule has 0 radical (unpaired) electrons. The predicted molar refractivity (Wildman–Crippen MR) is 86.4 cm³/mol. The first kappa shape index (κ1) is 15.7. The molecule has 2 rings (SSSR count). The molecule has 0 fully saturated rings. The molecular formula is C15H19BrN4O. The highest BCUT2D eigenvalue weighted by Crippen LogP contribution is 2.18. The average molecular weight is 351 g/mol. The van der Waals surface area contributed by atoms with Crippen LogP contribution >= 0.6 is 15.9 Å². The van der Waals surface area contributed by atoms with Crippen molar-refractivity contribution in [2.45, 2.75) is 39.8 Å². The zero-order valence-electron chi connectivity index (χ0n) is 12.4. The van der Waals surface area contributed by atoms with Gasteiger partial charge in [0.1, 0.15) is 16.2 Å². The minimum Gasteiger partial charge on any atom is -0.475 e. The van der Waals surface area contributed by atoms with Crippen LogP contribution in [0.3, 0.4) is 0 Å². The molecule has 0 saturated heterocycles. The number of nitrogens with zero attached hydrogens (tertiary/aromatic N) is 3. The maximum atomic E-state index is 5.71. The third kappa shape index (κ3) is 4.67. The molecule has 6 heteroatoms. The average Bonchev–Trinajstić information content (AvgIpc) is 2.45. The van der Waals surface area contributed by atoms with Crippen molar-refractivity contribution in [3.63, 3.8) is 0 Å². The molecule has 1 N–H and O–H groups in total. The number of hydrogen-bond donors (Lipinski definition) is 1. The van der Waals surface area contributed by atoms with Crippen molar-refractivity contribution in [3.8, 4) is 5.88 Å². The molecule has 112 valence electrons. The summed E-state index contributed by atoms with van der Waals surface area (Å²) in [6, 6.07) is 5.75. The molecule has 0 aliphatic heterocycles. The SMILES string of the molecule is CCc1nc(Br)cc(NCc2cccnc2OC(C)C)n1. The van der Waals surface area contributed by atoms with Crippen LogP contribution in [0.2, 0.25) is 0 Å². The third-order valence-corrected chi connectivity index (χ3v) is 3.12. The highest BCUT2D eigenvalue weighted by atomic mass is 79.9. The Morgan fingerprint density at radius 2 is 2.14 bits per heavy atom. The molecule has 21 heavy (non-hydrogen) atoms. The van der Waals surface area contributed by atoms with Crippen LogP contribution in [0.4, 0.5) is 5.82 Å². The summed E-state index contributed by atoms with van der Waals surface area (Å²) in [5.74, 6) is 2.24. The number of aromatic nitrogens is 3. The fraction of sp³-hybridized carbons (Fsp3) is 0.400. The second-order valence-corrected chi connectivity index (χ2v) is 5.65. The lowest BCUT2D eigenvalue weighted by Gasteiger charge is -2.13. The van der Waals surface area contributed by atoms with Gasteiger partial charge in [0.05, 0.1) is 6.10 Å². The van der Waals surface area contributed by atoms with Crippen molar-refractivity contribution in [1.82, 2.24) is 15.0 Å². The number of aryl methyl sites for hydroxylation is 1. The van der Waals surface area contributed by atoms with Crippen LogP contribution in [0.15, 0.2) is 29.0 Å². The lowest BCUT2D eigenvalue weighted by molar-refractivity contribution is 0.230. The van der Waals surface area contributed by atoms with Crippen molar-refractivity contribution in [1.29, 1.82) is 0 Å². The first-order valence-corrected chi connectivity index (χ1v) is 7.75. The molecule has 5 nitrogen and oxygen atoms in total. The summed E-state index contributed by atoms with van der Waals surface area (Å²) in [5, 5.41) is 3.29. The van der Waals surface area contributed by atoms with Gasteiger partial charge in [-0.05, 0) is 35.8 Å². The van der Waals surface area contributed by atoms with E-state index < -0.39 is 0 Å². The van der Waals surface area contributed by atoms with Crippen LogP contribution in [0.25, 0.3) is 0 Å². The summed E-state index contributed by atoms with van der Waals surface area (Å²) in [4.78, 5) is 13.0. The van der Waals surface area contributed by atoms with E-state index in [0.717, 1.165) is 28.2 Å². The Morgan fingerprint density at radius 1 is 1.33 bits per heavy atom. The van der Waals surface area contributed by atoms with Gasteiger partial charge in [-0.1, -0.05) is 13.0 Å². The van der Waals surface area contributed by atoms with Gasteiger partial charge in [0.15, 0.2) is 0 Å². The minimum absolute atomic E-state index is 0.0959. The van der Waals surface area contributed by atoms with Crippen molar-refractivity contribution in [3.05, 3.63) is 40.4 Å². The second kappa shape index (κ2) is 7.36. The Bertz CT molecular complexity index is 604. The summed E-state index contributed by atoms with van der Waals surface area (Å²) in [6.45, 7) is 6.60. The number of pyridine rings is 1. The van der Waals surface area contributed by atoms with Crippen molar-refractivity contribution >= 4 is 21.7 Å². The van der Waals surface area contributed by atoms with Gasteiger partial charge in [-0.15, -0.1) is 0 Å². The van der Waals surface area contributed by atoms with Gasteiger partial charge in [-0.3, -0.25) is 0 Å². The molecule has 2 heterocycles. The Hall–Kier alpha value is -1.69. The Labute approximate surface area is 133 Å². The highest BCUT2D eigenvalue weighted by molar-refractivity contribution is 9.10. The van der Waals surface area contributed by atoms with E-state index >= 15 is 0 Å². The number of anilines is 1. The summed E-state index contributed by atoms with van der Waals surface area (Å²) in [5.41, 5.74) is 0.999. The maximum Gasteiger partial charge on any atom is 0.218 e. The molecule has 0 amide bonds. The zero-order valence-corrected chi connectivity index (χ0v) is 14.0. The highest BCUT2D eigenvalue weighted by Gasteiger charge is 2.07. The van der Waals surface area contributed by atoms with Crippen LogP contribution in [-0.4, -0.2) is 21.1 Å². The maximum absolute atomic E-state index is 5.71. The van der Waals surface area contributed by atoms with E-state index in [9.17, 15) is 0 Å². The lowest BCUT2D eigenvalue weighted by atomic mass is 10.2. The molecule has 0 atom stereocenters. The van der Waals surface area contributed by atoms with E-state index in [2.05, 4.69) is 36.2 Å². The van der Waals surface area contributed by atoms with Gasteiger partial charge in [0.2, 0.25) is 5.88 Å². The van der Waals surface area contributed by atoms with E-state index in [1.54, 1.807) is 6.20 Å². The number of nitrogens with one attached hydrogen (secondary N) is 1. The fourth-order valence-electron chi connectivity index (χ4n) is 1.79. The Kier molecular flexibility index (Phi) is 5.50. The van der Waals surface area contributed by atoms with Gasteiger partial charge in [0.25, 0.3) is 0 Å². The van der Waals surface area contributed by atoms with E-state index in [1.165, 1.54) is 0 Å². The van der Waals surface area contributed by atoms with E-state index in [-0.39, 0.29) is 6.10 Å². The predicted octanol–water partition coefficient (Wildman–Crippen LogP) is 3.60. The first-order chi connectivity index (χ1) is 10.1. The topological polar surface area (TPSA) is 59.9 Å². The van der Waals surface area contributed by atoms with Crippen molar-refractivity contribution in [2.24, 2.45) is 0 Å². The Balaban J connectivity index is 2.11. The van der Waals surface area contributed by atoms with Gasteiger partial charge in [-0.25, -0.2) is 15.0 Å². The molecular weight excluding hydrogens is 332 g/mol. The van der Waals surface area contributed by atoms with Gasteiger partial charge in [0, 0.05) is 30.8 Å². The molecule has 2 aromatic heterocycles. The summed E-state index contributed by atoms with van der Waals surface area (Å²) in [6.07, 6.45) is 2.62. The fourth-order valence-corrected chi connectivity index (χ4v) is 2.21. The monoisotopic (exact) mass is 350 g/mol. The summed E-state index contributed by atoms with van der Waals surface area (Å²) >= 11 is 3.40. The minimum atomic E-state index is 0.0959. The standard InChI is InChI=1S/C15H19BrN4O/c1-4-13-19-12(16)8-14(20-13)18-9-11-6-5-7-17-15(11)21-10(2)3/h5-8,10H,4,9H2,1-3H3,(H,18,19,20). The van der Waals surface area contributed by atoms with Crippen molar-refractivity contribution in [2.75, 3.05) is 5.32 Å². The van der Waals surface area contributed by atoms with E-state index in [0.29, 0.717) is 12.4 Å². The van der Waals surface area contributed by atoms with Crippen LogP contribution in [-0.2, 0) is 13.0 Å². The van der Waals surface area contributed by atoms with Gasteiger partial charge < -0.3 is 10.1 Å². The summed E-state index contributed by atoms with van der Waals surface area (Å²) in [7, 11) is 0. The van der Waals surface area contributed by atoms with Crippen LogP contribution in [0, 0.1) is 0 Å². The molecule has 0 aliphatic carbocycles. The number of ether oxygens (including phenoxy) is 1. The smallest absolute Gasteiger partial charge is 0.218 e. The summed E-state index contributed by atoms with van der Waals surface area (Å²) < 4.78 is 6.49. The van der Waals surface area contributed by atoms with E-state index in [1.807, 2.05) is 39.0 Å². The first-order valence-electron chi connectivity index (χ1n) is 6.96. The molecule has 0 saturated carbocycles. The van der Waals surface area contributed by atoms with Crippen LogP contribution in [0.5, 0.6) is 5.88 Å². The van der Waals surface area contributed by atoms with Crippen LogP contribution < -0.4 is 10.1 Å². The zero-order chi connectivity index (χ0) is 15.2. The number of hydrogen-bond acceptors (Lipinski definition) is 5. The van der Waals surface area contributed by atoms with Gasteiger partial charge >= 0.3 is 0 Å². The van der Waals surface area contributed by atoms with Gasteiger partial charge in [-0.2, -0.15) is 0 Å². The van der Waals surface area contributed by atoms with Crippen LogP contribution in [0.1, 0.15) is 32.2 Å². The largest absolute Gasteiger partial charge is 0.475 e. The molecule has 0 spiro atoms. The van der Waals surface area contributed by atoms with Crippen molar-refractivity contribution < 1.29 is 4.74 Å². The molecule has 0 aliphatic rings. The molecule has 2 aromatic rings. The number of rotatable bonds is 6. The number of halogens is 1. The lowest BCUT2D eigenvalue weighted by Crippen LogP contribution is -2.11. The van der Waals surface area contributed by atoms with E-state index in [4.69, 9.17) is 4.74 Å². The molecule has 0 unspecified atom stereocenters. The normalized spacial score (nSPS) is 10.7.